The predicted octanol–water partition coefficient (Wildman–Crippen LogP) is 1.48. The number of aromatic nitrogens is 1. The number of carbonyl (C=O) groups is 1. The van der Waals surface area contributed by atoms with Crippen molar-refractivity contribution in [3.8, 4) is 0 Å². The number of hydrogen-bond donors (Lipinski definition) is 3. The summed E-state index contributed by atoms with van der Waals surface area (Å²) < 4.78 is 0. The summed E-state index contributed by atoms with van der Waals surface area (Å²) in [6, 6.07) is -0.150. The van der Waals surface area contributed by atoms with Gasteiger partial charge in [0.2, 0.25) is 5.91 Å². The second kappa shape index (κ2) is 5.81. The molecule has 0 aliphatic carbocycles. The van der Waals surface area contributed by atoms with Crippen molar-refractivity contribution in [2.45, 2.75) is 33.2 Å². The van der Waals surface area contributed by atoms with Crippen molar-refractivity contribution < 1.29 is 10.0 Å². The molecule has 0 aliphatic heterocycles. The molecule has 4 N–H and O–H groups in total. The Kier molecular flexibility index (Phi) is 4.66. The SMILES string of the molecule is CCC(NC(=O)C(C)(C)C(N)=NO)c1nccs1. The molecule has 0 saturated heterocycles. The van der Waals surface area contributed by atoms with E-state index in [4.69, 9.17) is 10.9 Å². The maximum absolute atomic E-state index is 12.1. The van der Waals surface area contributed by atoms with Gasteiger partial charge in [-0.05, 0) is 20.3 Å². The molecule has 0 fully saturated rings. The number of carbonyl (C=O) groups excluding carboxylic acids is 1. The van der Waals surface area contributed by atoms with E-state index in [-0.39, 0.29) is 17.8 Å². The van der Waals surface area contributed by atoms with Crippen LogP contribution in [-0.4, -0.2) is 21.9 Å². The minimum Gasteiger partial charge on any atom is -0.409 e. The molecular weight excluding hydrogens is 252 g/mol. The summed E-state index contributed by atoms with van der Waals surface area (Å²) in [6.45, 7) is 5.17. The number of rotatable bonds is 5. The van der Waals surface area contributed by atoms with E-state index in [0.29, 0.717) is 0 Å². The van der Waals surface area contributed by atoms with E-state index in [1.807, 2.05) is 12.3 Å². The average Bonchev–Trinajstić information content (AvgIpc) is 2.87. The Morgan fingerprint density at radius 3 is 2.83 bits per heavy atom. The van der Waals surface area contributed by atoms with Gasteiger partial charge in [-0.2, -0.15) is 0 Å². The highest BCUT2D eigenvalue weighted by Gasteiger charge is 2.34. The summed E-state index contributed by atoms with van der Waals surface area (Å²) in [5.41, 5.74) is 4.46. The second-order valence-corrected chi connectivity index (χ2v) is 5.34. The first-order valence-electron chi connectivity index (χ1n) is 5.61. The monoisotopic (exact) mass is 270 g/mol. The fraction of sp³-hybridized carbons (Fsp3) is 0.545. The molecule has 1 atom stereocenters. The van der Waals surface area contributed by atoms with Crippen LogP contribution in [0.2, 0.25) is 0 Å². The molecule has 7 heteroatoms. The molecule has 1 aromatic heterocycles. The van der Waals surface area contributed by atoms with Crippen LogP contribution in [0.15, 0.2) is 16.7 Å². The lowest BCUT2D eigenvalue weighted by Gasteiger charge is -2.24. The van der Waals surface area contributed by atoms with Crippen LogP contribution < -0.4 is 11.1 Å². The zero-order chi connectivity index (χ0) is 13.8. The number of nitrogens with zero attached hydrogens (tertiary/aromatic N) is 2. The highest BCUT2D eigenvalue weighted by Crippen LogP contribution is 2.22. The lowest BCUT2D eigenvalue weighted by Crippen LogP contribution is -2.46. The van der Waals surface area contributed by atoms with Crippen molar-refractivity contribution in [2.75, 3.05) is 0 Å². The Bertz CT molecular complexity index is 428. The number of hydrogen-bond acceptors (Lipinski definition) is 5. The number of amidine groups is 1. The van der Waals surface area contributed by atoms with E-state index < -0.39 is 5.41 Å². The summed E-state index contributed by atoms with van der Waals surface area (Å²) in [4.78, 5) is 16.3. The first kappa shape index (κ1) is 14.4. The second-order valence-electron chi connectivity index (χ2n) is 4.41. The fourth-order valence-corrected chi connectivity index (χ4v) is 2.10. The van der Waals surface area contributed by atoms with Crippen molar-refractivity contribution in [1.29, 1.82) is 0 Å². The third kappa shape index (κ3) is 2.98. The topological polar surface area (TPSA) is 101 Å². The third-order valence-corrected chi connectivity index (χ3v) is 3.67. The molecule has 1 heterocycles. The van der Waals surface area contributed by atoms with Crippen LogP contribution in [0.25, 0.3) is 0 Å². The van der Waals surface area contributed by atoms with Crippen molar-refractivity contribution in [1.82, 2.24) is 10.3 Å². The van der Waals surface area contributed by atoms with Gasteiger partial charge < -0.3 is 16.3 Å². The van der Waals surface area contributed by atoms with Crippen molar-refractivity contribution in [3.05, 3.63) is 16.6 Å². The molecule has 0 spiro atoms. The zero-order valence-electron chi connectivity index (χ0n) is 10.7. The number of nitrogens with one attached hydrogen (secondary N) is 1. The summed E-state index contributed by atoms with van der Waals surface area (Å²) in [5, 5.41) is 17.1. The lowest BCUT2D eigenvalue weighted by molar-refractivity contribution is -0.127. The maximum Gasteiger partial charge on any atom is 0.233 e. The maximum atomic E-state index is 12.1. The van der Waals surface area contributed by atoms with Gasteiger partial charge in [-0.15, -0.1) is 11.3 Å². The van der Waals surface area contributed by atoms with Crippen molar-refractivity contribution in [3.63, 3.8) is 0 Å². The van der Waals surface area contributed by atoms with Gasteiger partial charge in [0.05, 0.1) is 6.04 Å². The van der Waals surface area contributed by atoms with Gasteiger partial charge in [0.25, 0.3) is 0 Å². The van der Waals surface area contributed by atoms with Gasteiger partial charge in [0, 0.05) is 11.6 Å². The van der Waals surface area contributed by atoms with Gasteiger partial charge in [0.15, 0.2) is 5.84 Å². The van der Waals surface area contributed by atoms with Crippen LogP contribution >= 0.6 is 11.3 Å². The minimum atomic E-state index is -1.06. The number of thiazole rings is 1. The Morgan fingerprint density at radius 2 is 2.39 bits per heavy atom. The largest absolute Gasteiger partial charge is 0.409 e. The molecule has 100 valence electrons. The van der Waals surface area contributed by atoms with E-state index in [1.165, 1.54) is 11.3 Å². The summed E-state index contributed by atoms with van der Waals surface area (Å²) in [7, 11) is 0. The Morgan fingerprint density at radius 1 is 1.72 bits per heavy atom. The van der Waals surface area contributed by atoms with Gasteiger partial charge in [-0.25, -0.2) is 4.98 Å². The number of amides is 1. The smallest absolute Gasteiger partial charge is 0.233 e. The molecule has 0 bridgehead atoms. The van der Waals surface area contributed by atoms with Crippen LogP contribution in [-0.2, 0) is 4.79 Å². The molecule has 0 saturated carbocycles. The van der Waals surface area contributed by atoms with Gasteiger partial charge in [-0.3, -0.25) is 4.79 Å². The first-order chi connectivity index (χ1) is 8.43. The Hall–Kier alpha value is -1.63. The van der Waals surface area contributed by atoms with E-state index in [1.54, 1.807) is 20.0 Å². The van der Waals surface area contributed by atoms with Crippen LogP contribution in [0.3, 0.4) is 0 Å². The molecule has 18 heavy (non-hydrogen) atoms. The van der Waals surface area contributed by atoms with E-state index in [9.17, 15) is 4.79 Å². The van der Waals surface area contributed by atoms with Crippen molar-refractivity contribution in [2.24, 2.45) is 16.3 Å². The highest BCUT2D eigenvalue weighted by atomic mass is 32.1. The van der Waals surface area contributed by atoms with Gasteiger partial charge in [0.1, 0.15) is 10.4 Å². The standard InChI is InChI=1S/C11H18N4O2S/c1-4-7(8-13-5-6-18-8)14-10(16)11(2,3)9(12)15-17/h5-7,17H,4H2,1-3H3,(H2,12,15)(H,14,16). The molecule has 1 rings (SSSR count). The van der Waals surface area contributed by atoms with Gasteiger partial charge in [-0.1, -0.05) is 12.1 Å². The van der Waals surface area contributed by atoms with Crippen molar-refractivity contribution >= 4 is 23.1 Å². The molecule has 1 aromatic rings. The molecule has 1 unspecified atom stereocenters. The first-order valence-corrected chi connectivity index (χ1v) is 6.49. The molecule has 0 aromatic carbocycles. The Labute approximate surface area is 110 Å². The highest BCUT2D eigenvalue weighted by molar-refractivity contribution is 7.09. The summed E-state index contributed by atoms with van der Waals surface area (Å²) >= 11 is 1.49. The molecule has 0 aliphatic rings. The van der Waals surface area contributed by atoms with Crippen LogP contribution in [0.1, 0.15) is 38.2 Å². The number of oxime groups is 1. The van der Waals surface area contributed by atoms with Gasteiger partial charge >= 0.3 is 0 Å². The average molecular weight is 270 g/mol. The molecule has 6 nitrogen and oxygen atoms in total. The predicted molar refractivity (Wildman–Crippen MR) is 70.5 cm³/mol. The van der Waals surface area contributed by atoms with Crippen LogP contribution in [0.5, 0.6) is 0 Å². The molecule has 1 amide bonds. The summed E-state index contributed by atoms with van der Waals surface area (Å²) in [5.74, 6) is -0.408. The molecule has 0 radical (unpaired) electrons. The third-order valence-electron chi connectivity index (χ3n) is 2.78. The van der Waals surface area contributed by atoms with E-state index in [2.05, 4.69) is 15.5 Å². The number of nitrogens with two attached hydrogens (primary N) is 1. The minimum absolute atomic E-state index is 0.117. The summed E-state index contributed by atoms with van der Waals surface area (Å²) in [6.07, 6.45) is 2.43. The molecular formula is C11H18N4O2S. The normalized spacial score (nSPS) is 14.3. The van der Waals surface area contributed by atoms with E-state index >= 15 is 0 Å². The Balaban J connectivity index is 2.80. The lowest BCUT2D eigenvalue weighted by atomic mass is 9.90. The van der Waals surface area contributed by atoms with E-state index in [0.717, 1.165) is 11.4 Å². The fourth-order valence-electron chi connectivity index (χ4n) is 1.32. The van der Waals surface area contributed by atoms with Crippen LogP contribution in [0.4, 0.5) is 0 Å². The quantitative estimate of drug-likeness (QED) is 0.326. The zero-order valence-corrected chi connectivity index (χ0v) is 11.5. The van der Waals surface area contributed by atoms with Crippen LogP contribution in [0, 0.1) is 5.41 Å².